The predicted octanol–water partition coefficient (Wildman–Crippen LogP) is 1.43. The summed E-state index contributed by atoms with van der Waals surface area (Å²) in [7, 11) is 0. The molecule has 35 heavy (non-hydrogen) atoms. The number of carbonyl (C=O) groups is 4. The third-order valence-electron chi connectivity index (χ3n) is 5.93. The van der Waals surface area contributed by atoms with E-state index in [0.29, 0.717) is 5.03 Å². The third kappa shape index (κ3) is 5.88. The molecule has 0 saturated heterocycles. The average Bonchev–Trinajstić information content (AvgIpc) is 3.14. The van der Waals surface area contributed by atoms with E-state index in [2.05, 4.69) is 26.0 Å². The molecule has 194 valence electrons. The summed E-state index contributed by atoms with van der Waals surface area (Å²) in [6.07, 6.45) is 1.02. The highest BCUT2D eigenvalue weighted by Gasteiger charge is 2.76. The molecule has 3 rings (SSSR count). The number of H-pyrrole nitrogens is 1. The van der Waals surface area contributed by atoms with Crippen LogP contribution in [-0.4, -0.2) is 75.0 Å². The Morgan fingerprint density at radius 3 is 2.49 bits per heavy atom. The quantitative estimate of drug-likeness (QED) is 0.327. The van der Waals surface area contributed by atoms with Gasteiger partial charge in [-0.05, 0) is 53.9 Å². The summed E-state index contributed by atoms with van der Waals surface area (Å²) in [5, 5.41) is 16.1. The number of amides is 2. The minimum Gasteiger partial charge on any atom is -0.466 e. The Kier molecular flexibility index (Phi) is 7.97. The fourth-order valence-electron chi connectivity index (χ4n) is 4.63. The smallest absolute Gasteiger partial charge is 0.408 e. The van der Waals surface area contributed by atoms with Crippen molar-refractivity contribution in [2.45, 2.75) is 75.4 Å². The number of nitrogens with one attached hydrogen (secondary N) is 3. The van der Waals surface area contributed by atoms with Crippen LogP contribution in [0, 0.1) is 17.8 Å². The van der Waals surface area contributed by atoms with E-state index in [1.165, 1.54) is 18.7 Å². The first-order chi connectivity index (χ1) is 16.4. The second-order valence-electron chi connectivity index (χ2n) is 9.60. The van der Waals surface area contributed by atoms with Gasteiger partial charge in [-0.1, -0.05) is 11.8 Å². The number of esters is 2. The lowest BCUT2D eigenvalue weighted by atomic mass is 9.89. The van der Waals surface area contributed by atoms with Crippen molar-refractivity contribution in [3.05, 3.63) is 6.20 Å². The van der Waals surface area contributed by atoms with E-state index in [0.717, 1.165) is 0 Å². The number of hydrogen-bond donors (Lipinski definition) is 3. The number of aromatic amines is 1. The molecule has 12 nitrogen and oxygen atoms in total. The van der Waals surface area contributed by atoms with Gasteiger partial charge in [-0.15, -0.1) is 5.10 Å². The van der Waals surface area contributed by atoms with Crippen molar-refractivity contribution in [2.75, 3.05) is 13.2 Å². The van der Waals surface area contributed by atoms with Gasteiger partial charge in [0.05, 0.1) is 25.3 Å². The SMILES string of the molecule is CCOC(=O)[C@H]1[C@H]2[C@@H]1[C@](NC(=O)[C@H](C)NC(=O)OC(C)(C)C)(C(=O)OCC)C[C@H]2Sc1cn[nH]n1. The molecule has 0 bridgehead atoms. The highest BCUT2D eigenvalue weighted by Crippen LogP contribution is 2.66. The maximum atomic E-state index is 13.3. The number of hydrogen-bond acceptors (Lipinski definition) is 10. The van der Waals surface area contributed by atoms with Gasteiger partial charge in [0.1, 0.15) is 22.2 Å². The van der Waals surface area contributed by atoms with Crippen LogP contribution in [0.15, 0.2) is 11.2 Å². The minimum atomic E-state index is -1.46. The van der Waals surface area contributed by atoms with E-state index in [4.69, 9.17) is 14.2 Å². The van der Waals surface area contributed by atoms with E-state index in [1.54, 1.807) is 40.8 Å². The summed E-state index contributed by atoms with van der Waals surface area (Å²) in [5.74, 6) is -2.95. The summed E-state index contributed by atoms with van der Waals surface area (Å²) >= 11 is 1.38. The zero-order valence-electron chi connectivity index (χ0n) is 20.7. The topological polar surface area (TPSA) is 162 Å². The molecule has 3 N–H and O–H groups in total. The number of fused-ring (bicyclic) bond motifs is 1. The second kappa shape index (κ2) is 10.4. The Bertz CT molecular complexity index is 950. The number of thioether (sulfide) groups is 1. The van der Waals surface area contributed by atoms with E-state index in [1.807, 2.05) is 0 Å². The first kappa shape index (κ1) is 26.8. The molecule has 2 aliphatic carbocycles. The lowest BCUT2D eigenvalue weighted by Crippen LogP contribution is -2.61. The zero-order chi connectivity index (χ0) is 26.0. The van der Waals surface area contributed by atoms with Crippen LogP contribution in [0.5, 0.6) is 0 Å². The van der Waals surface area contributed by atoms with Gasteiger partial charge in [0.2, 0.25) is 5.91 Å². The molecular formula is C22H33N5O7S. The van der Waals surface area contributed by atoms with Crippen molar-refractivity contribution in [1.29, 1.82) is 0 Å². The average molecular weight is 512 g/mol. The molecule has 1 heterocycles. The van der Waals surface area contributed by atoms with Gasteiger partial charge in [-0.25, -0.2) is 9.59 Å². The Morgan fingerprint density at radius 2 is 1.91 bits per heavy atom. The molecule has 0 aliphatic heterocycles. The number of nitrogens with zero attached hydrogens (tertiary/aromatic N) is 2. The lowest BCUT2D eigenvalue weighted by Gasteiger charge is -2.33. The molecule has 2 fully saturated rings. The summed E-state index contributed by atoms with van der Waals surface area (Å²) in [6, 6.07) is -1.00. The maximum absolute atomic E-state index is 13.3. The number of rotatable bonds is 9. The summed E-state index contributed by atoms with van der Waals surface area (Å²) in [5.41, 5.74) is -2.20. The van der Waals surface area contributed by atoms with Crippen molar-refractivity contribution in [2.24, 2.45) is 17.8 Å². The van der Waals surface area contributed by atoms with Gasteiger partial charge in [-0.3, -0.25) is 9.59 Å². The highest BCUT2D eigenvalue weighted by atomic mass is 32.2. The highest BCUT2D eigenvalue weighted by molar-refractivity contribution is 7.99. The second-order valence-corrected chi connectivity index (χ2v) is 10.9. The summed E-state index contributed by atoms with van der Waals surface area (Å²) in [6.45, 7) is 10.3. The van der Waals surface area contributed by atoms with Crippen molar-refractivity contribution in [3.8, 4) is 0 Å². The molecule has 0 aromatic carbocycles. The largest absolute Gasteiger partial charge is 0.466 e. The van der Waals surface area contributed by atoms with E-state index in [-0.39, 0.29) is 30.8 Å². The molecule has 13 heteroatoms. The van der Waals surface area contributed by atoms with Crippen LogP contribution in [0.2, 0.25) is 0 Å². The van der Waals surface area contributed by atoms with E-state index in [9.17, 15) is 19.2 Å². The molecule has 6 atom stereocenters. The number of aromatic nitrogens is 3. The Balaban J connectivity index is 1.85. The van der Waals surface area contributed by atoms with Gasteiger partial charge in [0, 0.05) is 11.2 Å². The van der Waals surface area contributed by atoms with Gasteiger partial charge in [-0.2, -0.15) is 10.3 Å². The fourth-order valence-corrected chi connectivity index (χ4v) is 5.99. The van der Waals surface area contributed by atoms with Crippen LogP contribution < -0.4 is 10.6 Å². The van der Waals surface area contributed by atoms with Gasteiger partial charge < -0.3 is 24.8 Å². The monoisotopic (exact) mass is 511 g/mol. The van der Waals surface area contributed by atoms with E-state index >= 15 is 0 Å². The minimum absolute atomic E-state index is 0.102. The molecule has 2 amide bonds. The molecule has 2 saturated carbocycles. The molecule has 1 aromatic heterocycles. The normalized spacial score (nSPS) is 27.8. The summed E-state index contributed by atoms with van der Waals surface area (Å²) < 4.78 is 15.8. The zero-order valence-corrected chi connectivity index (χ0v) is 21.6. The third-order valence-corrected chi connectivity index (χ3v) is 7.15. The van der Waals surface area contributed by atoms with Crippen LogP contribution in [0.4, 0.5) is 4.79 Å². The van der Waals surface area contributed by atoms with Crippen molar-refractivity contribution in [1.82, 2.24) is 26.0 Å². The van der Waals surface area contributed by atoms with Gasteiger partial charge >= 0.3 is 18.0 Å². The number of alkyl carbamates (subject to hydrolysis) is 1. The predicted molar refractivity (Wildman–Crippen MR) is 124 cm³/mol. The number of carbonyl (C=O) groups excluding carboxylic acids is 4. The lowest BCUT2D eigenvalue weighted by molar-refractivity contribution is -0.155. The van der Waals surface area contributed by atoms with Crippen LogP contribution in [0.25, 0.3) is 0 Å². The van der Waals surface area contributed by atoms with Crippen molar-refractivity contribution >= 4 is 35.7 Å². The molecule has 0 spiro atoms. The van der Waals surface area contributed by atoms with Crippen LogP contribution in [0.1, 0.15) is 48.0 Å². The van der Waals surface area contributed by atoms with Crippen molar-refractivity contribution < 1.29 is 33.4 Å². The fraction of sp³-hybridized carbons (Fsp3) is 0.727. The molecule has 0 radical (unpaired) electrons. The van der Waals surface area contributed by atoms with Gasteiger partial charge in [0.15, 0.2) is 0 Å². The Morgan fingerprint density at radius 1 is 1.23 bits per heavy atom. The molecule has 1 aromatic rings. The maximum Gasteiger partial charge on any atom is 0.408 e. The number of ether oxygens (including phenoxy) is 3. The molecule has 0 unspecified atom stereocenters. The molecular weight excluding hydrogens is 478 g/mol. The standard InChI is InChI=1S/C22H33N5O7S/c1-7-32-18(29)15-14-12(35-13-10-23-27-26-13)9-22(16(14)15,19(30)33-8-2)25-17(28)11(3)24-20(31)34-21(4,5)6/h10-12,14-16H,7-9H2,1-6H3,(H,24,31)(H,25,28)(H,23,26,27)/t11-,12+,14-,15-,16-,22-/m0/s1. The first-order valence-corrected chi connectivity index (χ1v) is 12.5. The van der Waals surface area contributed by atoms with E-state index < -0.39 is 53.0 Å². The van der Waals surface area contributed by atoms with Crippen molar-refractivity contribution in [3.63, 3.8) is 0 Å². The summed E-state index contributed by atoms with van der Waals surface area (Å²) in [4.78, 5) is 51.4. The Hall–Kier alpha value is -2.83. The van der Waals surface area contributed by atoms with Crippen LogP contribution >= 0.6 is 11.8 Å². The van der Waals surface area contributed by atoms with Crippen LogP contribution in [0.3, 0.4) is 0 Å². The van der Waals surface area contributed by atoms with Gasteiger partial charge in [0.25, 0.3) is 0 Å². The first-order valence-electron chi connectivity index (χ1n) is 11.6. The Labute approximate surface area is 208 Å². The molecule has 2 aliphatic rings. The van der Waals surface area contributed by atoms with Crippen LogP contribution in [-0.2, 0) is 28.6 Å².